The summed E-state index contributed by atoms with van der Waals surface area (Å²) in [5.74, 6) is -1.29. The van der Waals surface area contributed by atoms with Crippen LogP contribution in [0.3, 0.4) is 0 Å². The van der Waals surface area contributed by atoms with Gasteiger partial charge in [-0.25, -0.2) is 17.6 Å². The van der Waals surface area contributed by atoms with Gasteiger partial charge in [0.15, 0.2) is 9.84 Å². The van der Waals surface area contributed by atoms with E-state index < -0.39 is 27.7 Å². The highest BCUT2D eigenvalue weighted by molar-refractivity contribution is 7.90. The maximum Gasteiger partial charge on any atom is 0.375 e. The van der Waals surface area contributed by atoms with Gasteiger partial charge in [0.2, 0.25) is 5.76 Å². The van der Waals surface area contributed by atoms with Crippen molar-refractivity contribution in [3.05, 3.63) is 64.1 Å². The molecule has 0 bridgehead atoms. The fourth-order valence-corrected chi connectivity index (χ4v) is 4.17. The molecule has 1 aliphatic heterocycles. The minimum atomic E-state index is -3.37. The van der Waals surface area contributed by atoms with Crippen LogP contribution in [0.1, 0.15) is 24.5 Å². The average Bonchev–Trinajstić information content (AvgIpc) is 2.92. The Labute approximate surface area is 167 Å². The SMILES string of the molecule is CC[C@H]1OC(=O)C(Oc2ccc(Cl)c(F)c2)=C1c1ccc(S(C)(=O)=O)c(C)c1. The van der Waals surface area contributed by atoms with Crippen LogP contribution in [0, 0.1) is 12.7 Å². The summed E-state index contributed by atoms with van der Waals surface area (Å²) in [4.78, 5) is 12.6. The fourth-order valence-electron chi connectivity index (χ4n) is 3.09. The molecule has 0 N–H and O–H groups in total. The molecular formula is C20H18ClFO5S. The topological polar surface area (TPSA) is 69.7 Å². The minimum Gasteiger partial charge on any atom is -0.451 e. The molecule has 0 unspecified atom stereocenters. The van der Waals surface area contributed by atoms with Gasteiger partial charge in [-0.2, -0.15) is 0 Å². The maximum absolute atomic E-state index is 13.7. The van der Waals surface area contributed by atoms with Crippen LogP contribution in [0.5, 0.6) is 5.75 Å². The van der Waals surface area contributed by atoms with Crippen LogP contribution in [0.4, 0.5) is 4.39 Å². The Morgan fingerprint density at radius 1 is 1.21 bits per heavy atom. The number of sulfone groups is 1. The van der Waals surface area contributed by atoms with Gasteiger partial charge in [-0.3, -0.25) is 0 Å². The number of esters is 1. The van der Waals surface area contributed by atoms with E-state index in [0.29, 0.717) is 23.1 Å². The Balaban J connectivity index is 2.10. The Kier molecular flexibility index (Phi) is 5.50. The molecule has 0 aliphatic carbocycles. The highest BCUT2D eigenvalue weighted by Gasteiger charge is 2.36. The highest BCUT2D eigenvalue weighted by Crippen LogP contribution is 2.36. The zero-order chi connectivity index (χ0) is 20.6. The number of hydrogen-bond acceptors (Lipinski definition) is 5. The van der Waals surface area contributed by atoms with Gasteiger partial charge in [0.25, 0.3) is 0 Å². The monoisotopic (exact) mass is 424 g/mol. The first kappa shape index (κ1) is 20.4. The van der Waals surface area contributed by atoms with E-state index in [4.69, 9.17) is 21.1 Å². The van der Waals surface area contributed by atoms with Gasteiger partial charge in [0.1, 0.15) is 17.7 Å². The van der Waals surface area contributed by atoms with Gasteiger partial charge < -0.3 is 9.47 Å². The molecule has 0 spiro atoms. The van der Waals surface area contributed by atoms with Crippen LogP contribution in [-0.4, -0.2) is 26.7 Å². The zero-order valence-electron chi connectivity index (χ0n) is 15.5. The molecule has 0 saturated carbocycles. The molecule has 5 nitrogen and oxygen atoms in total. The van der Waals surface area contributed by atoms with Gasteiger partial charge in [0, 0.05) is 12.3 Å². The molecule has 28 heavy (non-hydrogen) atoms. The lowest BCUT2D eigenvalue weighted by Gasteiger charge is -2.14. The second kappa shape index (κ2) is 7.56. The second-order valence-electron chi connectivity index (χ2n) is 6.48. The Morgan fingerprint density at radius 2 is 1.93 bits per heavy atom. The molecule has 2 aromatic carbocycles. The van der Waals surface area contributed by atoms with Crippen LogP contribution in [-0.2, 0) is 19.4 Å². The van der Waals surface area contributed by atoms with Crippen molar-refractivity contribution in [3.63, 3.8) is 0 Å². The number of rotatable bonds is 5. The van der Waals surface area contributed by atoms with E-state index in [1.807, 2.05) is 6.92 Å². The number of carbonyl (C=O) groups excluding carboxylic acids is 1. The lowest BCUT2D eigenvalue weighted by Crippen LogP contribution is -2.10. The molecule has 8 heteroatoms. The predicted molar refractivity (Wildman–Crippen MR) is 103 cm³/mol. The molecule has 0 saturated heterocycles. The molecular weight excluding hydrogens is 407 g/mol. The first-order chi connectivity index (χ1) is 13.1. The third-order valence-electron chi connectivity index (χ3n) is 4.37. The standard InChI is InChI=1S/C20H18ClFO5S/c1-4-16-18(12-5-8-17(11(2)9-12)28(3,24)25)19(20(23)27-16)26-13-6-7-14(21)15(22)10-13/h5-10,16H,4H2,1-3H3/t16-/m1/s1. The van der Waals surface area contributed by atoms with E-state index in [1.165, 1.54) is 18.2 Å². The Morgan fingerprint density at radius 3 is 2.50 bits per heavy atom. The van der Waals surface area contributed by atoms with Crippen molar-refractivity contribution in [2.24, 2.45) is 0 Å². The van der Waals surface area contributed by atoms with E-state index >= 15 is 0 Å². The molecule has 0 amide bonds. The fraction of sp³-hybridized carbons (Fsp3) is 0.250. The van der Waals surface area contributed by atoms with E-state index in [0.717, 1.165) is 12.3 Å². The number of carbonyl (C=O) groups is 1. The lowest BCUT2D eigenvalue weighted by molar-refractivity contribution is -0.141. The van der Waals surface area contributed by atoms with E-state index in [2.05, 4.69) is 0 Å². The van der Waals surface area contributed by atoms with Gasteiger partial charge in [-0.1, -0.05) is 30.7 Å². The molecule has 148 valence electrons. The molecule has 1 aliphatic rings. The summed E-state index contributed by atoms with van der Waals surface area (Å²) in [5, 5.41) is -0.0611. The Hall–Kier alpha value is -2.38. The summed E-state index contributed by atoms with van der Waals surface area (Å²) < 4.78 is 48.5. The molecule has 1 heterocycles. The first-order valence-corrected chi connectivity index (χ1v) is 10.8. The number of ether oxygens (including phenoxy) is 2. The van der Waals surface area contributed by atoms with E-state index in [9.17, 15) is 17.6 Å². The van der Waals surface area contributed by atoms with Crippen molar-refractivity contribution < 1.29 is 27.1 Å². The van der Waals surface area contributed by atoms with E-state index in [-0.39, 0.29) is 21.4 Å². The summed E-state index contributed by atoms with van der Waals surface area (Å²) in [6.45, 7) is 3.52. The molecule has 0 fully saturated rings. The van der Waals surface area contributed by atoms with Crippen LogP contribution in [0.15, 0.2) is 47.1 Å². The third kappa shape index (κ3) is 3.91. The van der Waals surface area contributed by atoms with Crippen LogP contribution < -0.4 is 4.74 Å². The highest BCUT2D eigenvalue weighted by atomic mass is 35.5. The van der Waals surface area contributed by atoms with Gasteiger partial charge in [0.05, 0.1) is 15.5 Å². The smallest absolute Gasteiger partial charge is 0.375 e. The summed E-state index contributed by atoms with van der Waals surface area (Å²) in [6.07, 6.45) is 1.08. The van der Waals surface area contributed by atoms with Crippen molar-refractivity contribution in [1.29, 1.82) is 0 Å². The average molecular weight is 425 g/mol. The summed E-state index contributed by atoms with van der Waals surface area (Å²) in [5.41, 5.74) is 1.64. The van der Waals surface area contributed by atoms with Crippen molar-refractivity contribution in [3.8, 4) is 5.75 Å². The molecule has 0 radical (unpaired) electrons. The van der Waals surface area contributed by atoms with Crippen molar-refractivity contribution >= 4 is 33.0 Å². The van der Waals surface area contributed by atoms with Gasteiger partial charge >= 0.3 is 5.97 Å². The summed E-state index contributed by atoms with van der Waals surface area (Å²) in [7, 11) is -3.37. The molecule has 1 atom stereocenters. The van der Waals surface area contributed by atoms with Gasteiger partial charge in [-0.05, 0) is 42.7 Å². The zero-order valence-corrected chi connectivity index (χ0v) is 17.0. The van der Waals surface area contributed by atoms with Crippen molar-refractivity contribution in [2.75, 3.05) is 6.26 Å². The van der Waals surface area contributed by atoms with Crippen LogP contribution in [0.2, 0.25) is 5.02 Å². The van der Waals surface area contributed by atoms with Crippen LogP contribution in [0.25, 0.3) is 5.57 Å². The maximum atomic E-state index is 13.7. The lowest BCUT2D eigenvalue weighted by atomic mass is 9.97. The van der Waals surface area contributed by atoms with Crippen LogP contribution >= 0.6 is 11.6 Å². The summed E-state index contributed by atoms with van der Waals surface area (Å²) in [6, 6.07) is 8.62. The Bertz CT molecular complexity index is 1090. The van der Waals surface area contributed by atoms with Gasteiger partial charge in [-0.15, -0.1) is 0 Å². The summed E-state index contributed by atoms with van der Waals surface area (Å²) >= 11 is 5.68. The number of aryl methyl sites for hydroxylation is 1. The first-order valence-electron chi connectivity index (χ1n) is 8.51. The quantitative estimate of drug-likeness (QED) is 0.668. The van der Waals surface area contributed by atoms with Crippen molar-refractivity contribution in [2.45, 2.75) is 31.3 Å². The second-order valence-corrected chi connectivity index (χ2v) is 8.87. The minimum absolute atomic E-state index is 0.0555. The normalized spacial score (nSPS) is 17.0. The van der Waals surface area contributed by atoms with Crippen molar-refractivity contribution in [1.82, 2.24) is 0 Å². The number of benzene rings is 2. The molecule has 3 rings (SSSR count). The third-order valence-corrected chi connectivity index (χ3v) is 5.93. The largest absolute Gasteiger partial charge is 0.451 e. The molecule has 2 aromatic rings. The predicted octanol–water partition coefficient (Wildman–Crippen LogP) is 4.32. The number of halogens is 2. The molecule has 0 aromatic heterocycles. The van der Waals surface area contributed by atoms with E-state index in [1.54, 1.807) is 19.1 Å². The number of cyclic esters (lactones) is 1. The number of hydrogen-bond donors (Lipinski definition) is 0.